The molecule has 59 valence electrons. The van der Waals surface area contributed by atoms with Gasteiger partial charge < -0.3 is 10.2 Å². The van der Waals surface area contributed by atoms with Crippen molar-refractivity contribution in [3.8, 4) is 0 Å². The van der Waals surface area contributed by atoms with Gasteiger partial charge in [0.15, 0.2) is 0 Å². The van der Waals surface area contributed by atoms with Crippen molar-refractivity contribution >= 4 is 11.9 Å². The maximum Gasteiger partial charge on any atom is 0.235 e. The van der Waals surface area contributed by atoms with Crippen LogP contribution < -0.4 is 0 Å². The summed E-state index contributed by atoms with van der Waals surface area (Å²) in [6, 6.07) is 0. The van der Waals surface area contributed by atoms with E-state index in [-0.39, 0.29) is 13.2 Å². The molecule has 0 atom stereocenters. The van der Waals surface area contributed by atoms with Gasteiger partial charge in [-0.3, -0.25) is 0 Å². The van der Waals surface area contributed by atoms with Crippen LogP contribution in [0.4, 0.5) is 0 Å². The lowest BCUT2D eigenvalue weighted by Gasteiger charge is -2.24. The average Bonchev–Trinajstić information content (AvgIpc) is 2.13. The highest BCUT2D eigenvalue weighted by Gasteiger charge is 2.37. The Hall–Kier alpha value is 0.190. The summed E-state index contributed by atoms with van der Waals surface area (Å²) in [5.74, 6) is -1.07. The topological polar surface area (TPSA) is 63.6 Å². The highest BCUT2D eigenvalue weighted by molar-refractivity contribution is 7.97. The van der Waals surface area contributed by atoms with Gasteiger partial charge in [-0.2, -0.15) is 4.31 Å². The first-order valence-electron chi connectivity index (χ1n) is 3.10. The largest absolute Gasteiger partial charge is 0.353 e. The maximum absolute atomic E-state index is 10.1. The van der Waals surface area contributed by atoms with E-state index in [9.17, 15) is 5.11 Å². The fourth-order valence-electron chi connectivity index (χ4n) is 0.847. The van der Waals surface area contributed by atoms with E-state index < -0.39 is 5.91 Å². The van der Waals surface area contributed by atoms with E-state index in [0.717, 1.165) is 0 Å². The van der Waals surface area contributed by atoms with E-state index in [2.05, 4.69) is 0 Å². The maximum atomic E-state index is 10.1. The van der Waals surface area contributed by atoms with E-state index in [0.29, 0.717) is 12.2 Å². The quantitative estimate of drug-likeness (QED) is 0.423. The van der Waals surface area contributed by atoms with Gasteiger partial charge in [-0.05, 0) is 0 Å². The summed E-state index contributed by atoms with van der Waals surface area (Å²) in [7, 11) is 0. The van der Waals surface area contributed by atoms with Crippen LogP contribution in [0.5, 0.6) is 0 Å². The Morgan fingerprint density at radius 3 is 2.70 bits per heavy atom. The van der Waals surface area contributed by atoms with Crippen molar-refractivity contribution in [1.82, 2.24) is 4.31 Å². The van der Waals surface area contributed by atoms with Gasteiger partial charge in [0.25, 0.3) is 0 Å². The van der Waals surface area contributed by atoms with Crippen LogP contribution in [0.2, 0.25) is 0 Å². The summed E-state index contributed by atoms with van der Waals surface area (Å²) >= 11 is 1.31. The summed E-state index contributed by atoms with van der Waals surface area (Å²) in [5.41, 5.74) is 0. The monoisotopic (exact) mass is 164 g/mol. The first kappa shape index (κ1) is 8.29. The standard InChI is InChI=1S/C5H10NO3S/c7-3-2-6-5(8,9)1-4-10-6/h8-9H,1-4H2. The van der Waals surface area contributed by atoms with Crippen molar-refractivity contribution in [2.75, 3.05) is 18.9 Å². The summed E-state index contributed by atoms with van der Waals surface area (Å²) in [5, 5.41) is 28.3. The average molecular weight is 164 g/mol. The SMILES string of the molecule is [O]CCN1SCCC1(O)O. The first-order chi connectivity index (χ1) is 4.67. The van der Waals surface area contributed by atoms with Crippen LogP contribution in [0.1, 0.15) is 6.42 Å². The molecule has 2 N–H and O–H groups in total. The van der Waals surface area contributed by atoms with E-state index >= 15 is 0 Å². The molecule has 1 fully saturated rings. The van der Waals surface area contributed by atoms with Crippen molar-refractivity contribution in [3.05, 3.63) is 0 Å². The molecule has 0 unspecified atom stereocenters. The third kappa shape index (κ3) is 1.62. The predicted molar refractivity (Wildman–Crippen MR) is 36.5 cm³/mol. The normalized spacial score (nSPS) is 25.5. The van der Waals surface area contributed by atoms with Crippen molar-refractivity contribution in [1.29, 1.82) is 0 Å². The molecule has 0 saturated carbocycles. The molecule has 0 aliphatic carbocycles. The molecule has 1 aliphatic heterocycles. The van der Waals surface area contributed by atoms with Crippen molar-refractivity contribution in [2.24, 2.45) is 0 Å². The summed E-state index contributed by atoms with van der Waals surface area (Å²) in [6.45, 7) is -0.104. The number of hydrogen-bond donors (Lipinski definition) is 2. The minimum atomic E-state index is -1.74. The smallest absolute Gasteiger partial charge is 0.235 e. The minimum absolute atomic E-state index is 0.192. The summed E-state index contributed by atoms with van der Waals surface area (Å²) in [4.78, 5) is 0. The Labute approximate surface area is 63.6 Å². The molecule has 0 aromatic carbocycles. The Kier molecular flexibility index (Phi) is 2.54. The minimum Gasteiger partial charge on any atom is -0.353 e. The van der Waals surface area contributed by atoms with Crippen LogP contribution in [0.3, 0.4) is 0 Å². The second-order valence-corrected chi connectivity index (χ2v) is 3.27. The molecule has 1 saturated heterocycles. The summed E-state index contributed by atoms with van der Waals surface area (Å²) < 4.78 is 1.32. The molecular weight excluding hydrogens is 154 g/mol. The van der Waals surface area contributed by atoms with E-state index in [1.807, 2.05) is 0 Å². The number of aliphatic hydroxyl groups is 2. The summed E-state index contributed by atoms with van der Waals surface area (Å²) in [6.07, 6.45) is 0.317. The van der Waals surface area contributed by atoms with Gasteiger partial charge in [0.1, 0.15) is 0 Å². The highest BCUT2D eigenvalue weighted by Crippen LogP contribution is 2.31. The van der Waals surface area contributed by atoms with Crippen molar-refractivity contribution in [2.45, 2.75) is 12.3 Å². The van der Waals surface area contributed by atoms with Crippen LogP contribution in [0.15, 0.2) is 0 Å². The molecular formula is C5H10NO3S. The zero-order valence-corrected chi connectivity index (χ0v) is 6.30. The van der Waals surface area contributed by atoms with Gasteiger partial charge in [-0.25, -0.2) is 5.11 Å². The third-order valence-corrected chi connectivity index (χ3v) is 2.55. The zero-order chi connectivity index (χ0) is 7.61. The fourth-order valence-corrected chi connectivity index (χ4v) is 1.93. The van der Waals surface area contributed by atoms with Crippen LogP contribution in [0.25, 0.3) is 0 Å². The second-order valence-electron chi connectivity index (χ2n) is 2.16. The van der Waals surface area contributed by atoms with Gasteiger partial charge in [-0.15, -0.1) is 0 Å². The van der Waals surface area contributed by atoms with E-state index in [1.165, 1.54) is 16.3 Å². The third-order valence-electron chi connectivity index (χ3n) is 1.38. The van der Waals surface area contributed by atoms with Gasteiger partial charge in [0, 0.05) is 18.7 Å². The molecule has 1 heterocycles. The van der Waals surface area contributed by atoms with Gasteiger partial charge >= 0.3 is 0 Å². The van der Waals surface area contributed by atoms with Crippen LogP contribution in [0, 0.1) is 0 Å². The Balaban J connectivity index is 2.43. The molecule has 0 spiro atoms. The lowest BCUT2D eigenvalue weighted by atomic mass is 10.3. The molecule has 0 amide bonds. The molecule has 0 aromatic heterocycles. The van der Waals surface area contributed by atoms with Crippen molar-refractivity contribution in [3.63, 3.8) is 0 Å². The number of nitrogens with zero attached hydrogens (tertiary/aromatic N) is 1. The van der Waals surface area contributed by atoms with Crippen LogP contribution in [-0.2, 0) is 5.11 Å². The molecule has 0 bridgehead atoms. The van der Waals surface area contributed by atoms with Gasteiger partial charge in [0.2, 0.25) is 5.91 Å². The molecule has 5 heteroatoms. The lowest BCUT2D eigenvalue weighted by molar-refractivity contribution is -0.225. The van der Waals surface area contributed by atoms with Gasteiger partial charge in [0.05, 0.1) is 6.61 Å². The van der Waals surface area contributed by atoms with E-state index in [1.54, 1.807) is 0 Å². The molecule has 4 nitrogen and oxygen atoms in total. The molecule has 1 radical (unpaired) electrons. The Morgan fingerprint density at radius 2 is 2.30 bits per heavy atom. The Morgan fingerprint density at radius 1 is 1.60 bits per heavy atom. The van der Waals surface area contributed by atoms with Crippen molar-refractivity contribution < 1.29 is 15.3 Å². The molecule has 10 heavy (non-hydrogen) atoms. The molecule has 0 aromatic rings. The Bertz CT molecular complexity index is 119. The van der Waals surface area contributed by atoms with Gasteiger partial charge in [-0.1, -0.05) is 11.9 Å². The van der Waals surface area contributed by atoms with E-state index in [4.69, 9.17) is 10.2 Å². The second kappa shape index (κ2) is 3.06. The molecule has 1 rings (SSSR count). The fraction of sp³-hybridized carbons (Fsp3) is 1.00. The first-order valence-corrected chi connectivity index (χ1v) is 4.04. The number of hydrogen-bond acceptors (Lipinski definition) is 4. The molecule has 1 aliphatic rings. The highest BCUT2D eigenvalue weighted by atomic mass is 32.2. The van der Waals surface area contributed by atoms with Crippen LogP contribution >= 0.6 is 11.9 Å². The van der Waals surface area contributed by atoms with Crippen LogP contribution in [-0.4, -0.2) is 39.3 Å². The predicted octanol–water partition coefficient (Wildman–Crippen LogP) is -0.591. The number of rotatable bonds is 2. The zero-order valence-electron chi connectivity index (χ0n) is 5.49. The lowest BCUT2D eigenvalue weighted by Crippen LogP contribution is -2.41.